The number of fused-ring (bicyclic) bond motifs is 1. The van der Waals surface area contributed by atoms with Crippen LogP contribution in [-0.2, 0) is 4.79 Å². The summed E-state index contributed by atoms with van der Waals surface area (Å²) in [4.78, 5) is 32.0. The van der Waals surface area contributed by atoms with Crippen molar-refractivity contribution < 1.29 is 9.59 Å². The van der Waals surface area contributed by atoms with Crippen molar-refractivity contribution in [3.63, 3.8) is 0 Å². The molecule has 0 saturated carbocycles. The van der Waals surface area contributed by atoms with E-state index in [1.54, 1.807) is 6.07 Å². The predicted octanol–water partition coefficient (Wildman–Crippen LogP) is 1.27. The first-order valence-electron chi connectivity index (χ1n) is 6.66. The average molecular weight is 286 g/mol. The van der Waals surface area contributed by atoms with Gasteiger partial charge in [-0.2, -0.15) is 0 Å². The topological polar surface area (TPSA) is 84.0 Å². The Labute approximate surface area is 123 Å². The first-order valence-corrected chi connectivity index (χ1v) is 6.66. The highest BCUT2D eigenvalue weighted by Gasteiger charge is 2.15. The van der Waals surface area contributed by atoms with Crippen LogP contribution in [-0.4, -0.2) is 33.9 Å². The van der Waals surface area contributed by atoms with E-state index in [1.165, 1.54) is 6.20 Å². The molecule has 21 heavy (non-hydrogen) atoms. The van der Waals surface area contributed by atoms with Crippen LogP contribution in [0.2, 0.25) is 0 Å². The molecule has 0 atom stereocenters. The lowest BCUT2D eigenvalue weighted by Crippen LogP contribution is -2.45. The third-order valence-corrected chi connectivity index (χ3v) is 2.61. The number of hydrogen-bond acceptors (Lipinski definition) is 4. The number of aromatic nitrogens is 2. The second-order valence-corrected chi connectivity index (χ2v) is 5.72. The van der Waals surface area contributed by atoms with E-state index in [0.29, 0.717) is 5.52 Å². The van der Waals surface area contributed by atoms with Crippen LogP contribution < -0.4 is 10.6 Å². The number of carbonyl (C=O) groups excluding carboxylic acids is 2. The second-order valence-electron chi connectivity index (χ2n) is 5.72. The van der Waals surface area contributed by atoms with Crippen molar-refractivity contribution in [2.45, 2.75) is 26.3 Å². The van der Waals surface area contributed by atoms with Crippen LogP contribution in [0.5, 0.6) is 0 Å². The normalized spacial score (nSPS) is 11.2. The Morgan fingerprint density at radius 2 is 1.81 bits per heavy atom. The monoisotopic (exact) mass is 286 g/mol. The molecule has 2 aromatic rings. The molecule has 1 aromatic carbocycles. The fraction of sp³-hybridized carbons (Fsp3) is 0.333. The third kappa shape index (κ3) is 4.24. The quantitative estimate of drug-likeness (QED) is 0.890. The predicted molar refractivity (Wildman–Crippen MR) is 79.8 cm³/mol. The maximum absolute atomic E-state index is 12.0. The van der Waals surface area contributed by atoms with Gasteiger partial charge in [-0.25, -0.2) is 4.98 Å². The lowest BCUT2D eigenvalue weighted by atomic mass is 10.1. The molecule has 1 heterocycles. The number of carbonyl (C=O) groups is 2. The van der Waals surface area contributed by atoms with Gasteiger partial charge in [0, 0.05) is 5.54 Å². The number of hydrogen-bond donors (Lipinski definition) is 2. The van der Waals surface area contributed by atoms with Crippen LogP contribution in [0.4, 0.5) is 0 Å². The summed E-state index contributed by atoms with van der Waals surface area (Å²) in [5.74, 6) is -0.665. The molecule has 0 fully saturated rings. The zero-order chi connectivity index (χ0) is 15.5. The first kappa shape index (κ1) is 14.9. The minimum absolute atomic E-state index is 0.0926. The lowest BCUT2D eigenvalue weighted by Gasteiger charge is -2.20. The Hall–Kier alpha value is -2.50. The van der Waals surface area contributed by atoms with Crippen LogP contribution in [0.15, 0.2) is 30.5 Å². The van der Waals surface area contributed by atoms with E-state index in [9.17, 15) is 9.59 Å². The van der Waals surface area contributed by atoms with Gasteiger partial charge in [0.25, 0.3) is 5.91 Å². The SMILES string of the molecule is CC(C)(C)NC(=O)CNC(=O)c1cnc2ccccc2n1. The highest BCUT2D eigenvalue weighted by Crippen LogP contribution is 2.08. The molecule has 0 bridgehead atoms. The van der Waals surface area contributed by atoms with Crippen molar-refractivity contribution in [3.05, 3.63) is 36.2 Å². The molecular formula is C15H18N4O2. The number of para-hydroxylation sites is 2. The zero-order valence-corrected chi connectivity index (χ0v) is 12.3. The summed E-state index contributed by atoms with van der Waals surface area (Å²) in [5.41, 5.74) is 1.23. The van der Waals surface area contributed by atoms with E-state index in [0.717, 1.165) is 5.52 Å². The summed E-state index contributed by atoms with van der Waals surface area (Å²) in [5, 5.41) is 5.30. The van der Waals surface area contributed by atoms with E-state index in [4.69, 9.17) is 0 Å². The van der Waals surface area contributed by atoms with Crippen molar-refractivity contribution in [1.29, 1.82) is 0 Å². The van der Waals surface area contributed by atoms with Crippen molar-refractivity contribution in [2.24, 2.45) is 0 Å². The van der Waals surface area contributed by atoms with Crippen molar-refractivity contribution in [2.75, 3.05) is 6.54 Å². The Morgan fingerprint density at radius 1 is 1.14 bits per heavy atom. The molecule has 2 N–H and O–H groups in total. The lowest BCUT2D eigenvalue weighted by molar-refractivity contribution is -0.121. The molecule has 0 aliphatic heterocycles. The number of amides is 2. The van der Waals surface area contributed by atoms with Crippen molar-refractivity contribution in [3.8, 4) is 0 Å². The Kier molecular flexibility index (Phi) is 4.16. The fourth-order valence-corrected chi connectivity index (χ4v) is 1.78. The fourth-order valence-electron chi connectivity index (χ4n) is 1.78. The molecule has 2 amide bonds. The van der Waals surface area contributed by atoms with E-state index < -0.39 is 5.91 Å². The summed E-state index contributed by atoms with van der Waals surface area (Å²) in [6.07, 6.45) is 1.40. The van der Waals surface area contributed by atoms with Gasteiger partial charge < -0.3 is 10.6 Å². The molecule has 0 aliphatic carbocycles. The van der Waals surface area contributed by atoms with Gasteiger partial charge in [0.05, 0.1) is 23.8 Å². The molecular weight excluding hydrogens is 268 g/mol. The molecule has 6 heteroatoms. The summed E-state index contributed by atoms with van der Waals surface area (Å²) in [6.45, 7) is 5.54. The zero-order valence-electron chi connectivity index (χ0n) is 12.3. The van der Waals surface area contributed by atoms with Crippen LogP contribution in [0.25, 0.3) is 11.0 Å². The Morgan fingerprint density at radius 3 is 2.48 bits per heavy atom. The van der Waals surface area contributed by atoms with Gasteiger partial charge >= 0.3 is 0 Å². The number of nitrogens with one attached hydrogen (secondary N) is 2. The van der Waals surface area contributed by atoms with E-state index in [1.807, 2.05) is 39.0 Å². The molecule has 1 aromatic heterocycles. The molecule has 0 unspecified atom stereocenters. The van der Waals surface area contributed by atoms with Crippen molar-refractivity contribution >= 4 is 22.8 Å². The van der Waals surface area contributed by atoms with E-state index >= 15 is 0 Å². The summed E-state index contributed by atoms with van der Waals surface area (Å²) in [6, 6.07) is 7.29. The van der Waals surface area contributed by atoms with Gasteiger partial charge in [0.15, 0.2) is 0 Å². The van der Waals surface area contributed by atoms with Crippen molar-refractivity contribution in [1.82, 2.24) is 20.6 Å². The minimum Gasteiger partial charge on any atom is -0.350 e. The highest BCUT2D eigenvalue weighted by atomic mass is 16.2. The van der Waals surface area contributed by atoms with Gasteiger partial charge in [-0.05, 0) is 32.9 Å². The first-order chi connectivity index (χ1) is 9.85. The summed E-state index contributed by atoms with van der Waals surface area (Å²) in [7, 11) is 0. The third-order valence-electron chi connectivity index (χ3n) is 2.61. The van der Waals surface area contributed by atoms with E-state index in [2.05, 4.69) is 20.6 Å². The Balaban J connectivity index is 2.00. The highest BCUT2D eigenvalue weighted by molar-refractivity contribution is 5.96. The molecule has 0 aliphatic rings. The molecule has 0 radical (unpaired) electrons. The van der Waals surface area contributed by atoms with Crippen LogP contribution >= 0.6 is 0 Å². The minimum atomic E-state index is -0.419. The molecule has 6 nitrogen and oxygen atoms in total. The van der Waals surface area contributed by atoms with Crippen LogP contribution in [0.3, 0.4) is 0 Å². The van der Waals surface area contributed by atoms with Crippen LogP contribution in [0, 0.1) is 0 Å². The molecule has 2 rings (SSSR count). The summed E-state index contributed by atoms with van der Waals surface area (Å²) >= 11 is 0. The maximum atomic E-state index is 12.0. The molecule has 110 valence electrons. The van der Waals surface area contributed by atoms with Crippen LogP contribution in [0.1, 0.15) is 31.3 Å². The average Bonchev–Trinajstić information content (AvgIpc) is 2.42. The molecule has 0 spiro atoms. The molecule has 0 saturated heterocycles. The smallest absolute Gasteiger partial charge is 0.271 e. The number of rotatable bonds is 3. The van der Waals surface area contributed by atoms with Gasteiger partial charge in [-0.1, -0.05) is 12.1 Å². The summed E-state index contributed by atoms with van der Waals surface area (Å²) < 4.78 is 0. The van der Waals surface area contributed by atoms with Gasteiger partial charge in [0.1, 0.15) is 5.69 Å². The largest absolute Gasteiger partial charge is 0.350 e. The van der Waals surface area contributed by atoms with Gasteiger partial charge in [0.2, 0.25) is 5.91 Å². The maximum Gasteiger partial charge on any atom is 0.271 e. The van der Waals surface area contributed by atoms with Gasteiger partial charge in [-0.3, -0.25) is 14.6 Å². The Bertz CT molecular complexity index is 677. The van der Waals surface area contributed by atoms with E-state index in [-0.39, 0.29) is 23.7 Å². The number of benzene rings is 1. The second kappa shape index (κ2) is 5.87. The standard InChI is InChI=1S/C15H18N4O2/c1-15(2,3)19-13(20)9-17-14(21)12-8-16-10-6-4-5-7-11(10)18-12/h4-8H,9H2,1-3H3,(H,17,21)(H,19,20). The van der Waals surface area contributed by atoms with Gasteiger partial charge in [-0.15, -0.1) is 0 Å². The number of nitrogens with zero attached hydrogens (tertiary/aromatic N) is 2.